The molecular formula is C60H66N7S2+3. The van der Waals surface area contributed by atoms with Crippen molar-refractivity contribution in [3.63, 3.8) is 0 Å². The van der Waals surface area contributed by atoms with Gasteiger partial charge in [-0.1, -0.05) is 102 Å². The van der Waals surface area contributed by atoms with Crippen molar-refractivity contribution in [2.75, 3.05) is 75.1 Å². The molecule has 5 aromatic carbocycles. The minimum absolute atomic E-state index is 0.285. The second-order valence-corrected chi connectivity index (χ2v) is 22.8. The number of aromatic nitrogens is 2. The lowest BCUT2D eigenvalue weighted by atomic mass is 9.89. The molecule has 2 aromatic heterocycles. The Kier molecular flexibility index (Phi) is 11.9. The molecule has 1 unspecified atom stereocenters. The van der Waals surface area contributed by atoms with Gasteiger partial charge in [0.1, 0.15) is 42.2 Å². The predicted octanol–water partition coefficient (Wildman–Crippen LogP) is 12.0. The molecule has 0 N–H and O–H groups in total. The van der Waals surface area contributed by atoms with Crippen molar-refractivity contribution in [2.24, 2.45) is 7.05 Å². The van der Waals surface area contributed by atoms with Gasteiger partial charge in [-0.25, -0.2) is 4.57 Å². The smallest absolute Gasteiger partial charge is 0.277 e. The first-order chi connectivity index (χ1) is 33.8. The Morgan fingerprint density at radius 1 is 0.841 bits per heavy atom. The maximum absolute atomic E-state index is 2.66. The van der Waals surface area contributed by atoms with E-state index in [0.29, 0.717) is 0 Å². The van der Waals surface area contributed by atoms with Crippen molar-refractivity contribution in [1.82, 2.24) is 4.90 Å². The highest BCUT2D eigenvalue weighted by atomic mass is 32.2. The largest absolute Gasteiger partial charge is 0.361 e. The molecule has 0 amide bonds. The second kappa shape index (κ2) is 18.5. The highest BCUT2D eigenvalue weighted by molar-refractivity contribution is 8.03. The van der Waals surface area contributed by atoms with Gasteiger partial charge in [0, 0.05) is 66.2 Å². The van der Waals surface area contributed by atoms with Crippen LogP contribution in [0.2, 0.25) is 0 Å². The van der Waals surface area contributed by atoms with E-state index in [1.807, 2.05) is 23.1 Å². The molecule has 1 saturated heterocycles. The van der Waals surface area contributed by atoms with Crippen LogP contribution in [0.4, 0.5) is 22.9 Å². The number of nitrogens with zero attached hydrogens (tertiary/aromatic N) is 7. The number of hydrogen-bond acceptors (Lipinski definition) is 6. The van der Waals surface area contributed by atoms with Gasteiger partial charge in [-0.2, -0.15) is 4.57 Å². The summed E-state index contributed by atoms with van der Waals surface area (Å²) < 4.78 is 7.48. The minimum atomic E-state index is 0.285. The maximum atomic E-state index is 2.66. The van der Waals surface area contributed by atoms with Crippen molar-refractivity contribution < 1.29 is 13.6 Å². The van der Waals surface area contributed by atoms with E-state index in [9.17, 15) is 0 Å². The molecule has 0 saturated carbocycles. The summed E-state index contributed by atoms with van der Waals surface area (Å²) in [6, 6.07) is 43.3. The summed E-state index contributed by atoms with van der Waals surface area (Å²) in [7, 11) is 9.28. The maximum Gasteiger partial charge on any atom is 0.277 e. The molecule has 69 heavy (non-hydrogen) atoms. The van der Waals surface area contributed by atoms with E-state index in [1.54, 1.807) is 11.1 Å². The van der Waals surface area contributed by atoms with Gasteiger partial charge in [0.15, 0.2) is 6.54 Å². The average molecular weight is 949 g/mol. The van der Waals surface area contributed by atoms with Gasteiger partial charge < -0.3 is 14.3 Å². The van der Waals surface area contributed by atoms with E-state index in [-0.39, 0.29) is 5.92 Å². The number of hydrogen-bond donors (Lipinski definition) is 0. The van der Waals surface area contributed by atoms with Crippen LogP contribution in [-0.4, -0.2) is 69.8 Å². The van der Waals surface area contributed by atoms with Crippen molar-refractivity contribution in [2.45, 2.75) is 68.7 Å². The molecule has 0 radical (unpaired) electrons. The fraction of sp³-hybridized carbons (Fsp3) is 0.333. The first kappa shape index (κ1) is 44.3. The number of benzene rings is 5. The molecule has 5 aliphatic rings. The number of unbranched alkanes of at least 4 members (excludes halogenated alkanes) is 1. The molecule has 1 atom stereocenters. The Bertz CT molecular complexity index is 3170. The zero-order valence-electron chi connectivity index (χ0n) is 40.9. The summed E-state index contributed by atoms with van der Waals surface area (Å²) >= 11 is 3.91. The molecule has 12 rings (SSSR count). The van der Waals surface area contributed by atoms with Gasteiger partial charge in [-0.3, -0.25) is 9.80 Å². The van der Waals surface area contributed by atoms with Gasteiger partial charge in [0.05, 0.1) is 37.5 Å². The number of piperazine rings is 1. The van der Waals surface area contributed by atoms with Crippen LogP contribution in [0.5, 0.6) is 0 Å². The summed E-state index contributed by atoms with van der Waals surface area (Å²) in [5.41, 5.74) is 14.1. The first-order valence-corrected chi connectivity index (χ1v) is 27.2. The van der Waals surface area contributed by atoms with Crippen LogP contribution in [-0.2, 0) is 32.9 Å². The molecule has 1 fully saturated rings. The van der Waals surface area contributed by atoms with Crippen molar-refractivity contribution in [1.29, 1.82) is 0 Å². The number of likely N-dealkylation sites (N-methyl/N-ethyl adjacent to an activating group) is 1. The van der Waals surface area contributed by atoms with E-state index in [4.69, 9.17) is 0 Å². The summed E-state index contributed by atoms with van der Waals surface area (Å²) in [4.78, 5) is 11.7. The molecule has 9 heteroatoms. The summed E-state index contributed by atoms with van der Waals surface area (Å²) in [6.07, 6.45) is 19.0. The highest BCUT2D eigenvalue weighted by Crippen LogP contribution is 2.52. The number of thioether (sulfide) groups is 1. The number of rotatable bonds is 12. The Morgan fingerprint density at radius 2 is 1.67 bits per heavy atom. The van der Waals surface area contributed by atoms with E-state index in [1.165, 1.54) is 107 Å². The van der Waals surface area contributed by atoms with Crippen LogP contribution < -0.4 is 23.8 Å². The van der Waals surface area contributed by atoms with Crippen LogP contribution >= 0.6 is 23.1 Å². The van der Waals surface area contributed by atoms with Crippen LogP contribution in [0.25, 0.3) is 33.3 Å². The van der Waals surface area contributed by atoms with Gasteiger partial charge in [0.2, 0.25) is 5.52 Å². The number of quaternary nitrogens is 1. The molecule has 0 bridgehead atoms. The third-order valence-electron chi connectivity index (χ3n) is 15.7. The fourth-order valence-corrected chi connectivity index (χ4v) is 14.3. The molecule has 5 aliphatic heterocycles. The van der Waals surface area contributed by atoms with Crippen molar-refractivity contribution in [3.8, 4) is 0 Å². The number of aryl methyl sites for hydroxylation is 4. The molecular weight excluding hydrogens is 883 g/mol. The fourth-order valence-electron chi connectivity index (χ4n) is 11.9. The van der Waals surface area contributed by atoms with E-state index >= 15 is 0 Å². The Hall–Kier alpha value is -5.87. The minimum Gasteiger partial charge on any atom is -0.361 e. The zero-order chi connectivity index (χ0) is 46.6. The number of para-hydroxylation sites is 4. The second-order valence-electron chi connectivity index (χ2n) is 20.6. The molecule has 7 aromatic rings. The van der Waals surface area contributed by atoms with Crippen molar-refractivity contribution in [3.05, 3.63) is 171 Å². The van der Waals surface area contributed by atoms with Crippen LogP contribution in [0.3, 0.4) is 0 Å². The highest BCUT2D eigenvalue weighted by Gasteiger charge is 2.35. The Balaban J connectivity index is 0.769. The third kappa shape index (κ3) is 8.34. The van der Waals surface area contributed by atoms with Crippen molar-refractivity contribution >= 4 is 79.3 Å². The summed E-state index contributed by atoms with van der Waals surface area (Å²) in [5.74, 6) is 2.88. The van der Waals surface area contributed by atoms with Gasteiger partial charge in [-0.05, 0) is 116 Å². The summed E-state index contributed by atoms with van der Waals surface area (Å²) in [5, 5.41) is 4.06. The quantitative estimate of drug-likeness (QED) is 0.0689. The van der Waals surface area contributed by atoms with Gasteiger partial charge in [0.25, 0.3) is 10.8 Å². The standard InChI is InChI=1S/C60H66N7S2/c1-61(55-40-45(48-24-9-11-28-52(48)66(55)47-22-6-5-7-23-47)20-15-30-57-64-34-16-21-44-19-14-29-53(68-57)59(44)64)33-13-12-18-43-31-32-54-60-50(43)26-17-35-65(60)58(69-54)42-46-41-56(63-36-38-67(3,4)39-37-63)62(2)51-27-10-8-25-49(46)51/h5-11,14-15,19,22-25,27-32,40-42,45H,12-13,16-18,20-21,26,33-39H2,1-4H3/q+3/b30-15+. The number of allylic oxidation sites excluding steroid dienone is 2. The Labute approximate surface area is 417 Å². The van der Waals surface area contributed by atoms with Crippen LogP contribution in [0.1, 0.15) is 70.8 Å². The predicted molar refractivity (Wildman–Crippen MR) is 291 cm³/mol. The molecule has 7 heterocycles. The Morgan fingerprint density at radius 3 is 2.55 bits per heavy atom. The lowest BCUT2D eigenvalue weighted by molar-refractivity contribution is -0.891. The average Bonchev–Trinajstić information content (AvgIpc) is 3.93. The van der Waals surface area contributed by atoms with E-state index in [0.717, 1.165) is 76.0 Å². The van der Waals surface area contributed by atoms with Crippen LogP contribution in [0, 0.1) is 0 Å². The SMILES string of the molecule is CN(CCCCc1ccc2c3c1CCCN3C(=Cc1cc(N3CC[N+](C)(C)CC3)[n+](C)c3ccccc13)S2)C1=CC(C/C=C/c2sc3cccc4c3[n+]2CCC4)c2ccccc2N1c1ccccc1. The molecule has 0 spiro atoms. The van der Waals surface area contributed by atoms with Crippen LogP contribution in [0.15, 0.2) is 143 Å². The molecule has 0 aliphatic carbocycles. The number of pyridine rings is 1. The monoisotopic (exact) mass is 948 g/mol. The zero-order valence-corrected chi connectivity index (χ0v) is 42.5. The number of fused-ring (bicyclic) bond motifs is 2. The normalized spacial score (nSPS) is 18.9. The molecule has 7 nitrogen and oxygen atoms in total. The lowest BCUT2D eigenvalue weighted by Crippen LogP contribution is -2.57. The van der Waals surface area contributed by atoms with Gasteiger partial charge >= 0.3 is 0 Å². The summed E-state index contributed by atoms with van der Waals surface area (Å²) in [6.45, 7) is 7.68. The number of anilines is 4. The van der Waals surface area contributed by atoms with E-state index < -0.39 is 0 Å². The lowest BCUT2D eigenvalue weighted by Gasteiger charge is -2.40. The third-order valence-corrected chi connectivity index (χ3v) is 17.9. The molecule has 350 valence electrons. The van der Waals surface area contributed by atoms with Gasteiger partial charge in [-0.15, -0.1) is 0 Å². The van der Waals surface area contributed by atoms with E-state index in [2.05, 4.69) is 196 Å². The topological polar surface area (TPSA) is 20.7 Å². The first-order valence-electron chi connectivity index (χ1n) is 25.6. The number of thiazole rings is 1.